The Hall–Kier alpha value is -1.87. The van der Waals surface area contributed by atoms with Gasteiger partial charge in [0.1, 0.15) is 36.8 Å². The van der Waals surface area contributed by atoms with Gasteiger partial charge in [0.15, 0.2) is 12.4 Å². The molecule has 430 valence electrons. The summed E-state index contributed by atoms with van der Waals surface area (Å²) < 4.78 is 54.5. The molecule has 4 N–H and O–H groups in total. The second-order valence-electron chi connectivity index (χ2n) is 21.4. The zero-order valence-electron chi connectivity index (χ0n) is 46.8. The first-order valence-corrected chi connectivity index (χ1v) is 32.0. The number of aliphatic hydroxyl groups is 3. The van der Waals surface area contributed by atoms with Crippen molar-refractivity contribution in [1.29, 1.82) is 0 Å². The van der Waals surface area contributed by atoms with Crippen LogP contribution < -0.4 is 0 Å². The van der Waals surface area contributed by atoms with Crippen molar-refractivity contribution >= 4 is 22.1 Å². The number of rotatable bonds is 53. The van der Waals surface area contributed by atoms with Crippen LogP contribution in [0.5, 0.6) is 0 Å². The lowest BCUT2D eigenvalue weighted by Crippen LogP contribution is -2.60. The van der Waals surface area contributed by atoms with Crippen LogP contribution in [-0.2, 0) is 38.7 Å². The van der Waals surface area contributed by atoms with Crippen LogP contribution in [0, 0.1) is 0 Å². The Bertz CT molecular complexity index is 1420. The number of unbranched alkanes of at least 4 members (excludes halogenated alkanes) is 37. The molecule has 0 aliphatic carbocycles. The van der Waals surface area contributed by atoms with Crippen molar-refractivity contribution in [2.75, 3.05) is 19.0 Å². The fourth-order valence-electron chi connectivity index (χ4n) is 9.59. The predicted octanol–water partition coefficient (Wildman–Crippen LogP) is 15.1. The third-order valence-corrected chi connectivity index (χ3v) is 15.0. The average molecular weight is 1060 g/mol. The lowest BCUT2D eigenvalue weighted by molar-refractivity contribution is -0.297. The molecule has 1 aliphatic heterocycles. The summed E-state index contributed by atoms with van der Waals surface area (Å²) >= 11 is 0. The number of ether oxygens (including phenoxy) is 4. The molecule has 0 aromatic carbocycles. The lowest BCUT2D eigenvalue weighted by Gasteiger charge is -2.40. The fraction of sp³-hybridized carbons (Fsp3) is 0.900. The van der Waals surface area contributed by atoms with E-state index in [9.17, 15) is 37.9 Å². The molecule has 0 saturated carbocycles. The Morgan fingerprint density at radius 1 is 0.466 bits per heavy atom. The Morgan fingerprint density at radius 3 is 1.21 bits per heavy atom. The van der Waals surface area contributed by atoms with Crippen LogP contribution in [0.1, 0.15) is 290 Å². The minimum absolute atomic E-state index is 0.163. The Morgan fingerprint density at radius 2 is 0.822 bits per heavy atom. The zero-order chi connectivity index (χ0) is 53.3. The molecular weight excluding hydrogens is 945 g/mol. The van der Waals surface area contributed by atoms with Gasteiger partial charge < -0.3 is 34.3 Å². The molecule has 6 atom stereocenters. The van der Waals surface area contributed by atoms with E-state index in [-0.39, 0.29) is 19.4 Å². The molecule has 0 bridgehead atoms. The highest BCUT2D eigenvalue weighted by molar-refractivity contribution is 7.85. The van der Waals surface area contributed by atoms with Gasteiger partial charge in [0.2, 0.25) is 0 Å². The first kappa shape index (κ1) is 69.1. The summed E-state index contributed by atoms with van der Waals surface area (Å²) in [6, 6.07) is 0. The molecule has 73 heavy (non-hydrogen) atoms. The van der Waals surface area contributed by atoms with E-state index in [4.69, 9.17) is 18.9 Å². The van der Waals surface area contributed by atoms with Crippen LogP contribution in [0.15, 0.2) is 24.3 Å². The molecule has 0 radical (unpaired) electrons. The number of aliphatic hydroxyl groups excluding tert-OH is 3. The maximum Gasteiger partial charge on any atom is 0.306 e. The molecule has 0 spiro atoms. The van der Waals surface area contributed by atoms with E-state index >= 15 is 0 Å². The summed E-state index contributed by atoms with van der Waals surface area (Å²) in [6.07, 6.45) is 50.8. The average Bonchev–Trinajstić information content (AvgIpc) is 3.36. The first-order chi connectivity index (χ1) is 35.5. The quantitative estimate of drug-likeness (QED) is 0.0196. The summed E-state index contributed by atoms with van der Waals surface area (Å²) in [4.78, 5) is 25.7. The number of carbonyl (C=O) groups is 2. The number of hydrogen-bond acceptors (Lipinski definition) is 11. The van der Waals surface area contributed by atoms with E-state index in [0.717, 1.165) is 51.4 Å². The summed E-state index contributed by atoms with van der Waals surface area (Å²) in [6.45, 7) is 3.82. The fourth-order valence-corrected chi connectivity index (χ4v) is 10.3. The molecule has 1 rings (SSSR count). The van der Waals surface area contributed by atoms with Gasteiger partial charge in [0.05, 0.1) is 6.61 Å². The van der Waals surface area contributed by atoms with Crippen LogP contribution in [0.25, 0.3) is 0 Å². The summed E-state index contributed by atoms with van der Waals surface area (Å²) in [5.74, 6) is -1.97. The van der Waals surface area contributed by atoms with Crippen LogP contribution in [0.4, 0.5) is 0 Å². The monoisotopic (exact) mass is 1060 g/mol. The summed E-state index contributed by atoms with van der Waals surface area (Å²) in [5, 5.41) is 31.1. The predicted molar refractivity (Wildman–Crippen MR) is 298 cm³/mol. The third-order valence-electron chi connectivity index (χ3n) is 14.3. The Labute approximate surface area is 447 Å². The van der Waals surface area contributed by atoms with Crippen LogP contribution in [0.2, 0.25) is 0 Å². The van der Waals surface area contributed by atoms with Gasteiger partial charge in [0.25, 0.3) is 10.1 Å². The lowest BCUT2D eigenvalue weighted by atomic mass is 10.00. The second kappa shape index (κ2) is 49.7. The minimum Gasteiger partial charge on any atom is -0.462 e. The van der Waals surface area contributed by atoms with Crippen molar-refractivity contribution in [2.45, 2.75) is 327 Å². The molecule has 1 saturated heterocycles. The van der Waals surface area contributed by atoms with Gasteiger partial charge in [-0.2, -0.15) is 8.42 Å². The maximum absolute atomic E-state index is 12.9. The van der Waals surface area contributed by atoms with Gasteiger partial charge in [-0.3, -0.25) is 14.1 Å². The van der Waals surface area contributed by atoms with Crippen molar-refractivity contribution in [1.82, 2.24) is 0 Å². The standard InChI is InChI=1S/C60H112O12S/c1-3-5-7-9-11-13-15-17-19-21-23-25-26-27-29-30-32-34-36-38-40-42-44-46-48-55(61)69-50-53(51-70-60-59(65)58(64)57(63)54(72-60)52-73(66,67)68)71-56(62)49-47-45-43-41-39-37-35-33-31-28-24-22-20-18-16-14-12-10-8-6-4-2/h16,18,22,24,53-54,57-60,63-65H,3-15,17,19-21,23,25-52H2,1-2H3,(H,66,67,68)/b18-16-,24-22-. The van der Waals surface area contributed by atoms with E-state index in [1.165, 1.54) is 199 Å². The van der Waals surface area contributed by atoms with E-state index in [1.807, 2.05) is 0 Å². The molecule has 0 aromatic rings. The molecule has 0 amide bonds. The first-order valence-electron chi connectivity index (χ1n) is 30.4. The van der Waals surface area contributed by atoms with Crippen LogP contribution in [-0.4, -0.2) is 96.0 Å². The normalized spacial score (nSPS) is 18.8. The molecular formula is C60H112O12S. The van der Waals surface area contributed by atoms with E-state index in [2.05, 4.69) is 38.2 Å². The van der Waals surface area contributed by atoms with Crippen molar-refractivity contribution < 1.29 is 56.8 Å². The van der Waals surface area contributed by atoms with Gasteiger partial charge in [-0.05, 0) is 44.9 Å². The molecule has 1 aliphatic rings. The summed E-state index contributed by atoms with van der Waals surface area (Å²) in [5.41, 5.74) is 0. The molecule has 1 heterocycles. The van der Waals surface area contributed by atoms with Gasteiger partial charge in [0, 0.05) is 12.8 Å². The topological polar surface area (TPSA) is 186 Å². The molecule has 13 heteroatoms. The molecule has 12 nitrogen and oxygen atoms in total. The maximum atomic E-state index is 12.9. The highest BCUT2D eigenvalue weighted by Crippen LogP contribution is 2.24. The van der Waals surface area contributed by atoms with Crippen molar-refractivity contribution in [3.05, 3.63) is 24.3 Å². The number of carbonyl (C=O) groups excluding carboxylic acids is 2. The largest absolute Gasteiger partial charge is 0.462 e. The third kappa shape index (κ3) is 43.9. The SMILES string of the molecule is CCCCCCC/C=C\C/C=C\CCCCCCCCCCCC(=O)OC(COC(=O)CCCCCCCCCCCCCCCCCCCCCCCCCC)COC1OC(CS(=O)(=O)O)C(O)C(O)C1O. The van der Waals surface area contributed by atoms with E-state index in [1.54, 1.807) is 0 Å². The number of hydrogen-bond donors (Lipinski definition) is 4. The smallest absolute Gasteiger partial charge is 0.306 e. The van der Waals surface area contributed by atoms with E-state index in [0.29, 0.717) is 12.8 Å². The second-order valence-corrected chi connectivity index (χ2v) is 22.9. The van der Waals surface area contributed by atoms with Crippen molar-refractivity contribution in [3.63, 3.8) is 0 Å². The molecule has 6 unspecified atom stereocenters. The van der Waals surface area contributed by atoms with Gasteiger partial charge >= 0.3 is 11.9 Å². The zero-order valence-corrected chi connectivity index (χ0v) is 47.6. The van der Waals surface area contributed by atoms with Gasteiger partial charge in [-0.25, -0.2) is 0 Å². The number of esters is 2. The molecule has 1 fully saturated rings. The highest BCUT2D eigenvalue weighted by Gasteiger charge is 2.46. The van der Waals surface area contributed by atoms with Gasteiger partial charge in [-0.1, -0.05) is 256 Å². The van der Waals surface area contributed by atoms with E-state index < -0.39 is 71.2 Å². The van der Waals surface area contributed by atoms with Gasteiger partial charge in [-0.15, -0.1) is 0 Å². The van der Waals surface area contributed by atoms with Crippen LogP contribution in [0.3, 0.4) is 0 Å². The highest BCUT2D eigenvalue weighted by atomic mass is 32.2. The van der Waals surface area contributed by atoms with Crippen molar-refractivity contribution in [2.24, 2.45) is 0 Å². The molecule has 0 aromatic heterocycles. The Balaban J connectivity index is 2.27. The van der Waals surface area contributed by atoms with Crippen molar-refractivity contribution in [3.8, 4) is 0 Å². The minimum atomic E-state index is -4.61. The Kier molecular flexibility index (Phi) is 47.1. The number of allylic oxidation sites excluding steroid dienone is 4. The van der Waals surface area contributed by atoms with Crippen LogP contribution >= 0.6 is 0 Å². The summed E-state index contributed by atoms with van der Waals surface area (Å²) in [7, 11) is -4.61.